The van der Waals surface area contributed by atoms with Gasteiger partial charge in [0.25, 0.3) is 5.91 Å². The van der Waals surface area contributed by atoms with Gasteiger partial charge < -0.3 is 9.47 Å². The van der Waals surface area contributed by atoms with Gasteiger partial charge in [-0.3, -0.25) is 10.1 Å². The molecular weight excluding hydrogens is 369 g/mol. The minimum absolute atomic E-state index is 0.187. The van der Waals surface area contributed by atoms with Crippen LogP contribution in [0.25, 0.3) is 0 Å². The third-order valence-corrected chi connectivity index (χ3v) is 4.75. The highest BCUT2D eigenvalue weighted by atomic mass is 32.1. The molecule has 0 saturated heterocycles. The van der Waals surface area contributed by atoms with E-state index in [1.807, 2.05) is 6.92 Å². The third-order valence-electron chi connectivity index (χ3n) is 3.75. The minimum atomic E-state index is -0.320. The summed E-state index contributed by atoms with van der Waals surface area (Å²) in [6, 6.07) is 12.9. The molecule has 0 aliphatic rings. The molecule has 0 fully saturated rings. The van der Waals surface area contributed by atoms with Crippen LogP contribution >= 0.6 is 11.3 Å². The van der Waals surface area contributed by atoms with Crippen LogP contribution in [0.2, 0.25) is 0 Å². The van der Waals surface area contributed by atoms with E-state index in [9.17, 15) is 9.18 Å². The Hall–Kier alpha value is -2.84. The molecule has 1 atom stereocenters. The fourth-order valence-corrected chi connectivity index (χ4v) is 3.01. The number of ether oxygens (including phenoxy) is 2. The number of nitrogens with one attached hydrogen (secondary N) is 1. The average Bonchev–Trinajstić information content (AvgIpc) is 3.14. The minimum Gasteiger partial charge on any atom is -0.489 e. The number of hydrogen-bond acceptors (Lipinski definition) is 6. The Morgan fingerprint density at radius 2 is 2.04 bits per heavy atom. The number of halogens is 1. The topological polar surface area (TPSA) is 73.3 Å². The van der Waals surface area contributed by atoms with Gasteiger partial charge in [0.15, 0.2) is 0 Å². The van der Waals surface area contributed by atoms with E-state index >= 15 is 0 Å². The van der Waals surface area contributed by atoms with Gasteiger partial charge in [-0.2, -0.15) is 0 Å². The SMILES string of the molecule is COC(C)c1nnc(NC(=O)c2cccc(OCc3cccc(F)c3)c2)s1. The summed E-state index contributed by atoms with van der Waals surface area (Å²) >= 11 is 1.26. The van der Waals surface area contributed by atoms with Gasteiger partial charge in [0.1, 0.15) is 29.3 Å². The van der Waals surface area contributed by atoms with Crippen molar-refractivity contribution in [3.63, 3.8) is 0 Å². The van der Waals surface area contributed by atoms with Crippen LogP contribution in [0, 0.1) is 5.82 Å². The van der Waals surface area contributed by atoms with E-state index in [2.05, 4.69) is 15.5 Å². The Morgan fingerprint density at radius 3 is 2.81 bits per heavy atom. The summed E-state index contributed by atoms with van der Waals surface area (Å²) in [5, 5.41) is 11.7. The van der Waals surface area contributed by atoms with Gasteiger partial charge in [0, 0.05) is 12.7 Å². The number of benzene rings is 2. The molecule has 140 valence electrons. The number of rotatable bonds is 7. The number of amides is 1. The highest BCUT2D eigenvalue weighted by Crippen LogP contribution is 2.24. The first-order valence-corrected chi connectivity index (χ1v) is 9.01. The van der Waals surface area contributed by atoms with Gasteiger partial charge in [-0.1, -0.05) is 29.5 Å². The molecule has 0 bridgehead atoms. The first-order valence-electron chi connectivity index (χ1n) is 8.20. The third kappa shape index (κ3) is 5.08. The van der Waals surface area contributed by atoms with Crippen LogP contribution in [0.1, 0.15) is 34.0 Å². The molecule has 0 aliphatic carbocycles. The lowest BCUT2D eigenvalue weighted by atomic mass is 10.2. The van der Waals surface area contributed by atoms with Crippen molar-refractivity contribution in [2.24, 2.45) is 0 Å². The summed E-state index contributed by atoms with van der Waals surface area (Å²) in [6.07, 6.45) is -0.187. The van der Waals surface area contributed by atoms with E-state index in [0.29, 0.717) is 27.0 Å². The van der Waals surface area contributed by atoms with Crippen LogP contribution in [0.4, 0.5) is 9.52 Å². The summed E-state index contributed by atoms with van der Waals surface area (Å²) in [7, 11) is 1.58. The lowest BCUT2D eigenvalue weighted by molar-refractivity contribution is 0.102. The van der Waals surface area contributed by atoms with Crippen molar-refractivity contribution in [3.8, 4) is 5.75 Å². The quantitative estimate of drug-likeness (QED) is 0.657. The molecule has 1 N–H and O–H groups in total. The molecular formula is C19H18FN3O3S. The van der Waals surface area contributed by atoms with Crippen LogP contribution in [0.15, 0.2) is 48.5 Å². The smallest absolute Gasteiger partial charge is 0.257 e. The van der Waals surface area contributed by atoms with Crippen molar-refractivity contribution in [2.45, 2.75) is 19.6 Å². The van der Waals surface area contributed by atoms with Gasteiger partial charge in [0.2, 0.25) is 5.13 Å². The fourth-order valence-electron chi connectivity index (χ4n) is 2.24. The Labute approximate surface area is 160 Å². The maximum atomic E-state index is 13.2. The van der Waals surface area contributed by atoms with E-state index < -0.39 is 0 Å². The molecule has 8 heteroatoms. The first kappa shape index (κ1) is 18.9. The number of methoxy groups -OCH3 is 1. The molecule has 1 unspecified atom stereocenters. The molecule has 1 aromatic heterocycles. The van der Waals surface area contributed by atoms with Crippen LogP contribution in [0.3, 0.4) is 0 Å². The van der Waals surface area contributed by atoms with Crippen LogP contribution < -0.4 is 10.1 Å². The van der Waals surface area contributed by atoms with Crippen molar-refractivity contribution < 1.29 is 18.7 Å². The predicted octanol–water partition coefficient (Wildman–Crippen LogP) is 4.22. The molecule has 6 nitrogen and oxygen atoms in total. The molecule has 2 aromatic carbocycles. The zero-order valence-electron chi connectivity index (χ0n) is 14.8. The molecule has 0 radical (unpaired) electrons. The zero-order chi connectivity index (χ0) is 19.2. The maximum Gasteiger partial charge on any atom is 0.257 e. The largest absolute Gasteiger partial charge is 0.489 e. The Bertz CT molecular complexity index is 932. The summed E-state index contributed by atoms with van der Waals surface area (Å²) in [4.78, 5) is 12.4. The summed E-state index contributed by atoms with van der Waals surface area (Å²) in [5.74, 6) is -0.125. The lowest BCUT2D eigenvalue weighted by Crippen LogP contribution is -2.11. The van der Waals surface area contributed by atoms with Crippen molar-refractivity contribution >= 4 is 22.4 Å². The Morgan fingerprint density at radius 1 is 1.22 bits per heavy atom. The maximum absolute atomic E-state index is 13.2. The van der Waals surface area contributed by atoms with Gasteiger partial charge in [0.05, 0.1) is 0 Å². The standard InChI is InChI=1S/C19H18FN3O3S/c1-12(25-2)18-22-23-19(27-18)21-17(24)14-6-4-8-16(10-14)26-11-13-5-3-7-15(20)9-13/h3-10,12H,11H2,1-2H3,(H,21,23,24). The summed E-state index contributed by atoms with van der Waals surface area (Å²) in [6.45, 7) is 2.06. The molecule has 27 heavy (non-hydrogen) atoms. The number of hydrogen-bond donors (Lipinski definition) is 1. The van der Waals surface area contributed by atoms with Crippen LogP contribution in [-0.4, -0.2) is 23.2 Å². The highest BCUT2D eigenvalue weighted by molar-refractivity contribution is 7.15. The second kappa shape index (κ2) is 8.70. The molecule has 3 aromatic rings. The molecule has 1 amide bonds. The van der Waals surface area contributed by atoms with E-state index in [1.54, 1.807) is 43.5 Å². The average molecular weight is 387 g/mol. The van der Waals surface area contributed by atoms with Crippen LogP contribution in [-0.2, 0) is 11.3 Å². The molecule has 0 aliphatic heterocycles. The second-order valence-electron chi connectivity index (χ2n) is 5.72. The molecule has 0 spiro atoms. The van der Waals surface area contributed by atoms with Crippen molar-refractivity contribution in [3.05, 3.63) is 70.5 Å². The van der Waals surface area contributed by atoms with Gasteiger partial charge in [-0.05, 0) is 42.8 Å². The Kier molecular flexibility index (Phi) is 6.10. The molecule has 3 rings (SSSR count). The summed E-state index contributed by atoms with van der Waals surface area (Å²) < 4.78 is 24.0. The zero-order valence-corrected chi connectivity index (χ0v) is 15.6. The van der Waals surface area contributed by atoms with Crippen LogP contribution in [0.5, 0.6) is 5.75 Å². The van der Waals surface area contributed by atoms with E-state index in [0.717, 1.165) is 0 Å². The number of nitrogens with zero attached hydrogens (tertiary/aromatic N) is 2. The van der Waals surface area contributed by atoms with Crippen molar-refractivity contribution in [2.75, 3.05) is 12.4 Å². The van der Waals surface area contributed by atoms with Gasteiger partial charge in [-0.25, -0.2) is 4.39 Å². The fraction of sp³-hybridized carbons (Fsp3) is 0.211. The highest BCUT2D eigenvalue weighted by Gasteiger charge is 2.14. The van der Waals surface area contributed by atoms with Gasteiger partial charge in [-0.15, -0.1) is 10.2 Å². The Balaban J connectivity index is 1.64. The monoisotopic (exact) mass is 387 g/mol. The number of carbonyl (C=O) groups excluding carboxylic acids is 1. The first-order chi connectivity index (χ1) is 13.0. The second-order valence-corrected chi connectivity index (χ2v) is 6.73. The number of anilines is 1. The number of aromatic nitrogens is 2. The molecule has 0 saturated carbocycles. The van der Waals surface area contributed by atoms with E-state index in [1.165, 1.54) is 23.5 Å². The van der Waals surface area contributed by atoms with E-state index in [-0.39, 0.29) is 24.4 Å². The molecule has 1 heterocycles. The predicted molar refractivity (Wildman–Crippen MR) is 100 cm³/mol. The lowest BCUT2D eigenvalue weighted by Gasteiger charge is -2.08. The van der Waals surface area contributed by atoms with Crippen molar-refractivity contribution in [1.82, 2.24) is 10.2 Å². The normalized spacial score (nSPS) is 11.8. The van der Waals surface area contributed by atoms with Gasteiger partial charge >= 0.3 is 0 Å². The van der Waals surface area contributed by atoms with E-state index in [4.69, 9.17) is 9.47 Å². The van der Waals surface area contributed by atoms with Crippen molar-refractivity contribution in [1.29, 1.82) is 0 Å². The number of carbonyl (C=O) groups is 1. The summed E-state index contributed by atoms with van der Waals surface area (Å²) in [5.41, 5.74) is 1.13.